The molecule has 0 radical (unpaired) electrons. The van der Waals surface area contributed by atoms with Crippen LogP contribution in [0.5, 0.6) is 0 Å². The molecule has 2 aliphatic heterocycles. The topological polar surface area (TPSA) is 97.2 Å². The van der Waals surface area contributed by atoms with E-state index in [1.54, 1.807) is 6.20 Å². The quantitative estimate of drug-likeness (QED) is 0.498. The molecular formula is C30H34N4O4. The number of hydrogen-bond acceptors (Lipinski definition) is 5. The smallest absolute Gasteiger partial charge is 0.407 e. The maximum atomic E-state index is 13.1. The summed E-state index contributed by atoms with van der Waals surface area (Å²) in [7, 11) is 0. The Kier molecular flexibility index (Phi) is 8.00. The summed E-state index contributed by atoms with van der Waals surface area (Å²) in [6, 6.07) is 22.0. The molecule has 1 aromatic heterocycles. The highest BCUT2D eigenvalue weighted by molar-refractivity contribution is 5.94. The number of aliphatic hydroxyl groups excluding tert-OH is 1. The van der Waals surface area contributed by atoms with Gasteiger partial charge in [-0.1, -0.05) is 48.5 Å². The summed E-state index contributed by atoms with van der Waals surface area (Å²) in [5.74, 6) is 0.0214. The predicted molar refractivity (Wildman–Crippen MR) is 144 cm³/mol. The van der Waals surface area contributed by atoms with Crippen molar-refractivity contribution in [1.29, 1.82) is 0 Å². The second-order valence-corrected chi connectivity index (χ2v) is 10.1. The molecule has 0 aliphatic carbocycles. The molecule has 8 nitrogen and oxygen atoms in total. The van der Waals surface area contributed by atoms with Gasteiger partial charge < -0.3 is 15.1 Å². The molecular weight excluding hydrogens is 480 g/mol. The van der Waals surface area contributed by atoms with Gasteiger partial charge in [0.05, 0.1) is 17.8 Å². The number of aromatic nitrogens is 1. The number of carboxylic acid groups (broad SMARTS) is 1. The fourth-order valence-electron chi connectivity index (χ4n) is 5.66. The van der Waals surface area contributed by atoms with Gasteiger partial charge in [-0.15, -0.1) is 0 Å². The van der Waals surface area contributed by atoms with Crippen molar-refractivity contribution in [2.45, 2.75) is 44.0 Å². The van der Waals surface area contributed by atoms with Crippen LogP contribution in [0, 0.1) is 0 Å². The lowest BCUT2D eigenvalue weighted by Crippen LogP contribution is -2.48. The molecule has 0 unspecified atom stereocenters. The molecule has 198 valence electrons. The molecule has 3 atom stereocenters. The Hall–Kier alpha value is -3.75. The minimum absolute atomic E-state index is 0.0214. The Balaban J connectivity index is 1.17. The van der Waals surface area contributed by atoms with Crippen molar-refractivity contribution in [3.8, 4) is 0 Å². The van der Waals surface area contributed by atoms with E-state index in [-0.39, 0.29) is 11.9 Å². The van der Waals surface area contributed by atoms with Gasteiger partial charge in [-0.05, 0) is 54.7 Å². The number of aliphatic hydroxyl groups is 1. The molecule has 0 saturated carbocycles. The van der Waals surface area contributed by atoms with E-state index in [4.69, 9.17) is 0 Å². The second-order valence-electron chi connectivity index (χ2n) is 10.1. The first-order chi connectivity index (χ1) is 18.5. The number of rotatable bonds is 7. The molecule has 3 heterocycles. The molecule has 2 N–H and O–H groups in total. The van der Waals surface area contributed by atoms with Crippen molar-refractivity contribution in [2.24, 2.45) is 0 Å². The highest BCUT2D eigenvalue weighted by atomic mass is 16.4. The zero-order valence-electron chi connectivity index (χ0n) is 21.4. The van der Waals surface area contributed by atoms with Crippen molar-refractivity contribution in [3.63, 3.8) is 0 Å². The molecule has 8 heteroatoms. The van der Waals surface area contributed by atoms with Crippen LogP contribution in [0.2, 0.25) is 0 Å². The van der Waals surface area contributed by atoms with E-state index in [1.807, 2.05) is 77.7 Å². The monoisotopic (exact) mass is 514 g/mol. The summed E-state index contributed by atoms with van der Waals surface area (Å²) in [6.07, 6.45) is 1.77. The third-order valence-electron chi connectivity index (χ3n) is 7.72. The predicted octanol–water partition coefficient (Wildman–Crippen LogP) is 3.83. The summed E-state index contributed by atoms with van der Waals surface area (Å²) in [4.78, 5) is 35.3. The third-order valence-corrected chi connectivity index (χ3v) is 7.72. The minimum Gasteiger partial charge on any atom is -0.465 e. The number of carbonyl (C=O) groups is 2. The van der Waals surface area contributed by atoms with Crippen molar-refractivity contribution in [2.75, 3.05) is 26.2 Å². The lowest BCUT2D eigenvalue weighted by molar-refractivity contribution is 0.0540. The van der Waals surface area contributed by atoms with E-state index in [0.717, 1.165) is 36.5 Å². The van der Waals surface area contributed by atoms with Crippen molar-refractivity contribution < 1.29 is 19.8 Å². The van der Waals surface area contributed by atoms with E-state index < -0.39 is 18.2 Å². The number of nitrogens with zero attached hydrogens (tertiary/aromatic N) is 4. The number of carbonyl (C=O) groups excluding carboxylic acids is 1. The van der Waals surface area contributed by atoms with Crippen LogP contribution >= 0.6 is 0 Å². The summed E-state index contributed by atoms with van der Waals surface area (Å²) in [5.41, 5.74) is 3.39. The highest BCUT2D eigenvalue weighted by Crippen LogP contribution is 2.34. The molecule has 2 saturated heterocycles. The lowest BCUT2D eigenvalue weighted by atomic mass is 10.0. The molecule has 0 spiro atoms. The number of pyridine rings is 1. The fourth-order valence-corrected chi connectivity index (χ4v) is 5.66. The molecule has 2 aromatic carbocycles. The van der Waals surface area contributed by atoms with Crippen LogP contribution in [0.1, 0.15) is 46.1 Å². The molecule has 3 aromatic rings. The van der Waals surface area contributed by atoms with E-state index in [0.29, 0.717) is 37.9 Å². The first kappa shape index (κ1) is 25.9. The first-order valence-corrected chi connectivity index (χ1v) is 13.2. The van der Waals surface area contributed by atoms with Crippen molar-refractivity contribution in [1.82, 2.24) is 19.7 Å². The van der Waals surface area contributed by atoms with Crippen LogP contribution in [0.15, 0.2) is 79.0 Å². The van der Waals surface area contributed by atoms with Gasteiger partial charge in [0, 0.05) is 50.5 Å². The van der Waals surface area contributed by atoms with Crippen molar-refractivity contribution >= 4 is 12.0 Å². The average molecular weight is 515 g/mol. The van der Waals surface area contributed by atoms with E-state index in [9.17, 15) is 19.8 Å². The van der Waals surface area contributed by atoms with E-state index >= 15 is 0 Å². The number of likely N-dealkylation sites (tertiary alicyclic amines) is 1. The number of piperazine rings is 1. The van der Waals surface area contributed by atoms with Crippen LogP contribution in [0.3, 0.4) is 0 Å². The molecule has 0 bridgehead atoms. The molecule has 2 fully saturated rings. The van der Waals surface area contributed by atoms with Gasteiger partial charge in [0.1, 0.15) is 0 Å². The fraction of sp³-hybridized carbons (Fsp3) is 0.367. The number of benzene rings is 2. The van der Waals surface area contributed by atoms with Gasteiger partial charge in [0.25, 0.3) is 5.91 Å². The minimum atomic E-state index is -1.01. The van der Waals surface area contributed by atoms with Crippen LogP contribution in [-0.2, 0) is 13.0 Å². The van der Waals surface area contributed by atoms with Crippen LogP contribution in [0.4, 0.5) is 4.79 Å². The SMILES string of the molecule is O=C(c1ccc(C[C@@H]2CC[C@H]([C@H](O)c3ccccc3)N2C(=O)O)cc1)N1CCN(Cc2ccccn2)CC1. The maximum Gasteiger partial charge on any atom is 0.407 e. The zero-order valence-corrected chi connectivity index (χ0v) is 21.4. The first-order valence-electron chi connectivity index (χ1n) is 13.2. The van der Waals surface area contributed by atoms with Crippen molar-refractivity contribution in [3.05, 3.63) is 101 Å². The lowest BCUT2D eigenvalue weighted by Gasteiger charge is -2.34. The summed E-state index contributed by atoms with van der Waals surface area (Å²) in [5, 5.41) is 20.8. The largest absolute Gasteiger partial charge is 0.465 e. The summed E-state index contributed by atoms with van der Waals surface area (Å²) >= 11 is 0. The standard InChI is InChI=1S/C30H34N4O4/c35-28(23-6-2-1-3-7-23)27-14-13-26(34(27)30(37)38)20-22-9-11-24(12-10-22)29(36)33-18-16-32(17-19-33)21-25-8-4-5-15-31-25/h1-12,15,26-28,35H,13-14,16-21H2,(H,37,38)/t26-,27+,28+/m0/s1. The van der Waals surface area contributed by atoms with E-state index in [2.05, 4.69) is 9.88 Å². The zero-order chi connectivity index (χ0) is 26.5. The average Bonchev–Trinajstić information content (AvgIpc) is 3.38. The molecule has 2 aliphatic rings. The Bertz CT molecular complexity index is 1210. The van der Waals surface area contributed by atoms with Gasteiger partial charge in [0.2, 0.25) is 0 Å². The maximum absolute atomic E-state index is 13.1. The number of hydrogen-bond donors (Lipinski definition) is 2. The Morgan fingerprint density at radius 3 is 2.26 bits per heavy atom. The van der Waals surface area contributed by atoms with Gasteiger partial charge in [0.15, 0.2) is 0 Å². The Morgan fingerprint density at radius 2 is 1.61 bits per heavy atom. The third kappa shape index (κ3) is 5.87. The molecule has 38 heavy (non-hydrogen) atoms. The second kappa shape index (κ2) is 11.8. The highest BCUT2D eigenvalue weighted by Gasteiger charge is 2.41. The molecule has 5 rings (SSSR count). The van der Waals surface area contributed by atoms with E-state index in [1.165, 1.54) is 4.90 Å². The van der Waals surface area contributed by atoms with Gasteiger partial charge in [-0.25, -0.2) is 4.79 Å². The summed E-state index contributed by atoms with van der Waals surface area (Å²) < 4.78 is 0. The molecule has 2 amide bonds. The van der Waals surface area contributed by atoms with Crippen LogP contribution in [0.25, 0.3) is 0 Å². The Labute approximate surface area is 223 Å². The van der Waals surface area contributed by atoms with Crippen LogP contribution in [-0.4, -0.2) is 80.2 Å². The Morgan fingerprint density at radius 1 is 0.895 bits per heavy atom. The van der Waals surface area contributed by atoms with Gasteiger partial charge in [-0.3, -0.25) is 19.6 Å². The summed E-state index contributed by atoms with van der Waals surface area (Å²) in [6.45, 7) is 3.75. The number of amides is 2. The van der Waals surface area contributed by atoms with Crippen LogP contribution < -0.4 is 0 Å². The van der Waals surface area contributed by atoms with Gasteiger partial charge >= 0.3 is 6.09 Å². The van der Waals surface area contributed by atoms with Gasteiger partial charge in [-0.2, -0.15) is 0 Å². The normalized spacial score (nSPS) is 20.9.